The largest absolute Gasteiger partial charge is 0.454 e. The summed E-state index contributed by atoms with van der Waals surface area (Å²) in [6.45, 7) is -0.451. The van der Waals surface area contributed by atoms with Gasteiger partial charge in [0.15, 0.2) is 12.4 Å². The molecule has 0 unspecified atom stereocenters. The summed E-state index contributed by atoms with van der Waals surface area (Å²) in [7, 11) is 0. The smallest absolute Gasteiger partial charge is 0.340 e. The Kier molecular flexibility index (Phi) is 5.46. The van der Waals surface area contributed by atoms with Gasteiger partial charge < -0.3 is 4.74 Å². The molecule has 0 aliphatic rings. The lowest BCUT2D eigenvalue weighted by Gasteiger charge is -2.06. The third-order valence-electron chi connectivity index (χ3n) is 2.88. The van der Waals surface area contributed by atoms with Crippen LogP contribution in [0.15, 0.2) is 46.9 Å². The lowest BCUT2D eigenvalue weighted by molar-refractivity contribution is -0.384. The first kappa shape index (κ1) is 17.1. The normalized spacial score (nSPS) is 10.2. The summed E-state index contributed by atoms with van der Waals surface area (Å²) in [4.78, 5) is 33.8. The van der Waals surface area contributed by atoms with Gasteiger partial charge in [-0.25, -0.2) is 4.79 Å². The lowest BCUT2D eigenvalue weighted by Crippen LogP contribution is -2.14. The quantitative estimate of drug-likeness (QED) is 0.328. The van der Waals surface area contributed by atoms with Crippen molar-refractivity contribution >= 4 is 45.0 Å². The van der Waals surface area contributed by atoms with Crippen molar-refractivity contribution in [2.45, 2.75) is 0 Å². The van der Waals surface area contributed by atoms with E-state index in [0.717, 1.165) is 16.6 Å². The fourth-order valence-electron chi connectivity index (χ4n) is 1.71. The van der Waals surface area contributed by atoms with Crippen molar-refractivity contribution in [1.29, 1.82) is 0 Å². The molecule has 0 aromatic heterocycles. The second-order valence-corrected chi connectivity index (χ2v) is 5.75. The first-order valence-electron chi connectivity index (χ1n) is 6.28. The highest BCUT2D eigenvalue weighted by Crippen LogP contribution is 2.23. The van der Waals surface area contributed by atoms with E-state index in [2.05, 4.69) is 15.9 Å². The minimum absolute atomic E-state index is 0.0409. The summed E-state index contributed by atoms with van der Waals surface area (Å²) >= 11 is 9.07. The van der Waals surface area contributed by atoms with Gasteiger partial charge in [0, 0.05) is 22.2 Å². The van der Waals surface area contributed by atoms with E-state index in [1.807, 2.05) is 0 Å². The molecule has 118 valence electrons. The number of nitrogens with zero attached hydrogens (tertiary/aromatic N) is 1. The molecule has 0 spiro atoms. The van der Waals surface area contributed by atoms with Crippen LogP contribution in [0.3, 0.4) is 0 Å². The Morgan fingerprint density at radius 2 is 1.83 bits per heavy atom. The summed E-state index contributed by atoms with van der Waals surface area (Å²) < 4.78 is 5.72. The van der Waals surface area contributed by atoms with E-state index in [1.165, 1.54) is 6.07 Å². The maximum absolute atomic E-state index is 11.9. The number of Topliss-reactive ketones (excluding diaryl/α,β-unsaturated/α-hetero) is 1. The van der Waals surface area contributed by atoms with Crippen LogP contribution in [0.4, 0.5) is 5.69 Å². The predicted octanol–water partition coefficient (Wildman–Crippen LogP) is 4.05. The Balaban J connectivity index is 2.03. The zero-order valence-electron chi connectivity index (χ0n) is 11.5. The zero-order chi connectivity index (χ0) is 17.0. The Morgan fingerprint density at radius 1 is 1.17 bits per heavy atom. The van der Waals surface area contributed by atoms with E-state index in [0.29, 0.717) is 5.56 Å². The molecule has 0 N–H and O–H groups in total. The fourth-order valence-corrected chi connectivity index (χ4v) is 2.23. The molecular formula is C15H9BrClNO5. The average Bonchev–Trinajstić information content (AvgIpc) is 2.52. The Labute approximate surface area is 144 Å². The van der Waals surface area contributed by atoms with Crippen molar-refractivity contribution in [2.24, 2.45) is 0 Å². The summed E-state index contributed by atoms with van der Waals surface area (Å²) in [5.41, 5.74) is 0.120. The van der Waals surface area contributed by atoms with Crippen LogP contribution < -0.4 is 0 Å². The number of nitro groups is 1. The average molecular weight is 399 g/mol. The molecule has 6 nitrogen and oxygen atoms in total. The molecule has 0 saturated heterocycles. The van der Waals surface area contributed by atoms with Gasteiger partial charge in [0.25, 0.3) is 5.69 Å². The van der Waals surface area contributed by atoms with Gasteiger partial charge in [0.05, 0.1) is 15.5 Å². The number of carbonyl (C=O) groups is 2. The number of hydrogen-bond donors (Lipinski definition) is 0. The number of benzene rings is 2. The summed E-state index contributed by atoms with van der Waals surface area (Å²) in [6, 6.07) is 9.96. The minimum Gasteiger partial charge on any atom is -0.454 e. The predicted molar refractivity (Wildman–Crippen MR) is 86.9 cm³/mol. The van der Waals surface area contributed by atoms with E-state index in [-0.39, 0.29) is 22.1 Å². The van der Waals surface area contributed by atoms with Gasteiger partial charge in [-0.05, 0) is 18.2 Å². The standard InChI is InChI=1S/C15H9BrClNO5/c16-10-3-1-9(2-4-10)14(19)8-23-15(20)12-6-5-11(18(21)22)7-13(12)17/h1-7H,8H2. The molecule has 0 radical (unpaired) electrons. The molecule has 0 saturated carbocycles. The topological polar surface area (TPSA) is 86.5 Å². The summed E-state index contributed by atoms with van der Waals surface area (Å²) in [6.07, 6.45) is 0. The number of hydrogen-bond acceptors (Lipinski definition) is 5. The molecule has 2 aromatic carbocycles. The molecule has 0 amide bonds. The molecule has 0 aliphatic carbocycles. The number of non-ortho nitro benzene ring substituents is 1. The summed E-state index contributed by atoms with van der Waals surface area (Å²) in [5, 5.41) is 10.5. The third kappa shape index (κ3) is 4.37. The van der Waals surface area contributed by atoms with Crippen molar-refractivity contribution < 1.29 is 19.2 Å². The number of halogens is 2. The number of nitro benzene ring substituents is 1. The first-order valence-corrected chi connectivity index (χ1v) is 7.45. The number of esters is 1. The van der Waals surface area contributed by atoms with E-state index < -0.39 is 17.5 Å². The number of ketones is 1. The van der Waals surface area contributed by atoms with Gasteiger partial charge in [-0.2, -0.15) is 0 Å². The van der Waals surface area contributed by atoms with Gasteiger partial charge in [0.2, 0.25) is 0 Å². The van der Waals surface area contributed by atoms with Crippen molar-refractivity contribution in [3.8, 4) is 0 Å². The molecule has 0 heterocycles. The number of rotatable bonds is 5. The molecular weight excluding hydrogens is 390 g/mol. The Hall–Kier alpha value is -2.25. The lowest BCUT2D eigenvalue weighted by atomic mass is 10.1. The minimum atomic E-state index is -0.824. The van der Waals surface area contributed by atoms with Gasteiger partial charge in [0.1, 0.15) is 0 Å². The van der Waals surface area contributed by atoms with Gasteiger partial charge in [-0.1, -0.05) is 39.7 Å². The van der Waals surface area contributed by atoms with Gasteiger partial charge in [-0.3, -0.25) is 14.9 Å². The molecule has 0 fully saturated rings. The highest BCUT2D eigenvalue weighted by molar-refractivity contribution is 9.10. The number of carbonyl (C=O) groups excluding carboxylic acids is 2. The van der Waals surface area contributed by atoms with Crippen molar-refractivity contribution in [1.82, 2.24) is 0 Å². The highest BCUT2D eigenvalue weighted by Gasteiger charge is 2.17. The second-order valence-electron chi connectivity index (χ2n) is 4.43. The monoisotopic (exact) mass is 397 g/mol. The van der Waals surface area contributed by atoms with E-state index >= 15 is 0 Å². The van der Waals surface area contributed by atoms with Crippen molar-refractivity contribution in [3.63, 3.8) is 0 Å². The van der Waals surface area contributed by atoms with Crippen LogP contribution in [-0.4, -0.2) is 23.3 Å². The van der Waals surface area contributed by atoms with Crippen LogP contribution in [-0.2, 0) is 4.74 Å². The van der Waals surface area contributed by atoms with Gasteiger partial charge >= 0.3 is 5.97 Å². The Bertz CT molecular complexity index is 776. The second kappa shape index (κ2) is 7.34. The SMILES string of the molecule is O=C(COC(=O)c1ccc([N+](=O)[O-])cc1Cl)c1ccc(Br)cc1. The van der Waals surface area contributed by atoms with Crippen LogP contribution in [0.1, 0.15) is 20.7 Å². The van der Waals surface area contributed by atoms with Crippen LogP contribution >= 0.6 is 27.5 Å². The van der Waals surface area contributed by atoms with E-state index in [9.17, 15) is 19.7 Å². The number of ether oxygens (including phenoxy) is 1. The van der Waals surface area contributed by atoms with Crippen LogP contribution in [0.5, 0.6) is 0 Å². The maximum atomic E-state index is 11.9. The van der Waals surface area contributed by atoms with E-state index in [1.54, 1.807) is 24.3 Å². The van der Waals surface area contributed by atoms with Crippen LogP contribution in [0.2, 0.25) is 5.02 Å². The molecule has 0 bridgehead atoms. The molecule has 0 atom stereocenters. The maximum Gasteiger partial charge on any atom is 0.340 e. The molecule has 23 heavy (non-hydrogen) atoms. The van der Waals surface area contributed by atoms with Gasteiger partial charge in [-0.15, -0.1) is 0 Å². The molecule has 2 rings (SSSR count). The van der Waals surface area contributed by atoms with Crippen molar-refractivity contribution in [2.75, 3.05) is 6.61 Å². The highest BCUT2D eigenvalue weighted by atomic mass is 79.9. The van der Waals surface area contributed by atoms with E-state index in [4.69, 9.17) is 16.3 Å². The molecule has 2 aromatic rings. The van der Waals surface area contributed by atoms with Crippen molar-refractivity contribution in [3.05, 3.63) is 73.2 Å². The third-order valence-corrected chi connectivity index (χ3v) is 3.73. The Morgan fingerprint density at radius 3 is 2.39 bits per heavy atom. The molecule has 0 aliphatic heterocycles. The fraction of sp³-hybridized carbons (Fsp3) is 0.0667. The first-order chi connectivity index (χ1) is 10.9. The van der Waals surface area contributed by atoms with Crippen LogP contribution in [0.25, 0.3) is 0 Å². The summed E-state index contributed by atoms with van der Waals surface area (Å²) in [5.74, 6) is -1.20. The zero-order valence-corrected chi connectivity index (χ0v) is 13.8. The molecule has 8 heteroatoms. The van der Waals surface area contributed by atoms with Crippen LogP contribution in [0, 0.1) is 10.1 Å².